The van der Waals surface area contributed by atoms with Crippen molar-refractivity contribution in [3.63, 3.8) is 0 Å². The molecule has 0 saturated carbocycles. The van der Waals surface area contributed by atoms with Crippen LogP contribution in [0.4, 0.5) is 5.82 Å². The van der Waals surface area contributed by atoms with Crippen LogP contribution in [0.5, 0.6) is 0 Å². The molecular formula is C12H15N5O. The van der Waals surface area contributed by atoms with Gasteiger partial charge < -0.3 is 10.2 Å². The minimum Gasteiger partial charge on any atom is -0.373 e. The molecule has 0 fully saturated rings. The summed E-state index contributed by atoms with van der Waals surface area (Å²) in [4.78, 5) is 18.0. The highest BCUT2D eigenvalue weighted by Gasteiger charge is 2.14. The molecule has 0 aliphatic carbocycles. The van der Waals surface area contributed by atoms with Crippen LogP contribution in [0.2, 0.25) is 0 Å². The zero-order valence-corrected chi connectivity index (χ0v) is 10.3. The van der Waals surface area contributed by atoms with Crippen LogP contribution in [0.1, 0.15) is 16.1 Å². The largest absolute Gasteiger partial charge is 0.373 e. The fraction of sp³-hybridized carbons (Fsp3) is 0.250. The van der Waals surface area contributed by atoms with Gasteiger partial charge in [0.1, 0.15) is 11.5 Å². The van der Waals surface area contributed by atoms with E-state index in [4.69, 9.17) is 0 Å². The number of H-pyrrole nitrogens is 1. The Morgan fingerprint density at radius 1 is 1.50 bits per heavy atom. The zero-order chi connectivity index (χ0) is 13.0. The Morgan fingerprint density at radius 3 is 3.00 bits per heavy atom. The Bertz CT molecular complexity index is 523. The monoisotopic (exact) mass is 245 g/mol. The molecule has 0 aromatic carbocycles. The van der Waals surface area contributed by atoms with Gasteiger partial charge in [0.2, 0.25) is 0 Å². The smallest absolute Gasteiger partial charge is 0.272 e. The van der Waals surface area contributed by atoms with E-state index in [1.165, 1.54) is 0 Å². The summed E-state index contributed by atoms with van der Waals surface area (Å²) in [7, 11) is 3.51. The molecule has 1 amide bonds. The van der Waals surface area contributed by atoms with Gasteiger partial charge in [0.05, 0.1) is 6.20 Å². The zero-order valence-electron chi connectivity index (χ0n) is 10.3. The number of hydrogen-bond donors (Lipinski definition) is 2. The summed E-state index contributed by atoms with van der Waals surface area (Å²) in [6.07, 6.45) is 3.46. The minimum atomic E-state index is -0.117. The van der Waals surface area contributed by atoms with Crippen LogP contribution in [-0.2, 0) is 6.54 Å². The second-order valence-electron chi connectivity index (χ2n) is 3.93. The average molecular weight is 245 g/mol. The molecule has 2 rings (SSSR count). The van der Waals surface area contributed by atoms with Crippen molar-refractivity contribution >= 4 is 11.7 Å². The number of amides is 1. The van der Waals surface area contributed by atoms with E-state index in [0.29, 0.717) is 18.1 Å². The number of nitrogens with one attached hydrogen (secondary N) is 2. The van der Waals surface area contributed by atoms with Gasteiger partial charge in [-0.05, 0) is 12.1 Å². The molecule has 2 N–H and O–H groups in total. The van der Waals surface area contributed by atoms with E-state index in [1.54, 1.807) is 43.5 Å². The molecule has 2 aromatic rings. The van der Waals surface area contributed by atoms with Crippen LogP contribution < -0.4 is 5.32 Å². The van der Waals surface area contributed by atoms with E-state index in [0.717, 1.165) is 5.56 Å². The molecule has 0 unspecified atom stereocenters. The van der Waals surface area contributed by atoms with Gasteiger partial charge in [0.15, 0.2) is 0 Å². The third-order valence-electron chi connectivity index (χ3n) is 2.55. The highest BCUT2D eigenvalue weighted by Crippen LogP contribution is 2.08. The van der Waals surface area contributed by atoms with E-state index < -0.39 is 0 Å². The first-order valence-electron chi connectivity index (χ1n) is 5.58. The van der Waals surface area contributed by atoms with Crippen LogP contribution in [0.25, 0.3) is 0 Å². The third-order valence-corrected chi connectivity index (χ3v) is 2.55. The quantitative estimate of drug-likeness (QED) is 0.846. The summed E-state index contributed by atoms with van der Waals surface area (Å²) in [6, 6.07) is 5.32. The number of rotatable bonds is 4. The molecule has 18 heavy (non-hydrogen) atoms. The normalized spacial score (nSPS) is 10.1. The SMILES string of the molecule is CNc1cccc(C(=O)N(C)Cc2cn[nH]c2)n1. The maximum Gasteiger partial charge on any atom is 0.272 e. The van der Waals surface area contributed by atoms with Gasteiger partial charge in [-0.25, -0.2) is 4.98 Å². The maximum absolute atomic E-state index is 12.1. The Balaban J connectivity index is 2.10. The highest BCUT2D eigenvalue weighted by molar-refractivity contribution is 5.92. The molecule has 0 aliphatic heterocycles. The molecule has 2 aromatic heterocycles. The second-order valence-corrected chi connectivity index (χ2v) is 3.93. The molecule has 0 atom stereocenters. The Morgan fingerprint density at radius 2 is 2.33 bits per heavy atom. The number of anilines is 1. The highest BCUT2D eigenvalue weighted by atomic mass is 16.2. The van der Waals surface area contributed by atoms with Gasteiger partial charge in [-0.15, -0.1) is 0 Å². The molecule has 0 bridgehead atoms. The summed E-state index contributed by atoms with van der Waals surface area (Å²) < 4.78 is 0. The lowest BCUT2D eigenvalue weighted by Crippen LogP contribution is -2.27. The summed E-state index contributed by atoms with van der Waals surface area (Å²) in [5.74, 6) is 0.561. The fourth-order valence-corrected chi connectivity index (χ4v) is 1.60. The summed E-state index contributed by atoms with van der Waals surface area (Å²) >= 11 is 0. The number of aromatic nitrogens is 3. The Hall–Kier alpha value is -2.37. The third kappa shape index (κ3) is 2.65. The van der Waals surface area contributed by atoms with Gasteiger partial charge in [-0.3, -0.25) is 9.89 Å². The Kier molecular flexibility index (Phi) is 3.57. The number of carbonyl (C=O) groups is 1. The predicted molar refractivity (Wildman–Crippen MR) is 68.2 cm³/mol. The second kappa shape index (κ2) is 5.31. The van der Waals surface area contributed by atoms with E-state index in [9.17, 15) is 4.79 Å². The van der Waals surface area contributed by atoms with E-state index >= 15 is 0 Å². The lowest BCUT2D eigenvalue weighted by Gasteiger charge is -2.15. The van der Waals surface area contributed by atoms with Gasteiger partial charge in [-0.1, -0.05) is 6.07 Å². The number of hydrogen-bond acceptors (Lipinski definition) is 4. The van der Waals surface area contributed by atoms with Crippen molar-refractivity contribution in [3.8, 4) is 0 Å². The lowest BCUT2D eigenvalue weighted by atomic mass is 10.3. The predicted octanol–water partition coefficient (Wildman–Crippen LogP) is 1.12. The molecule has 0 radical (unpaired) electrons. The van der Waals surface area contributed by atoms with Crippen LogP contribution in [0.15, 0.2) is 30.6 Å². The number of pyridine rings is 1. The average Bonchev–Trinajstić information content (AvgIpc) is 2.90. The molecule has 0 saturated heterocycles. The molecule has 0 spiro atoms. The van der Waals surface area contributed by atoms with Crippen molar-refractivity contribution in [2.75, 3.05) is 19.4 Å². The van der Waals surface area contributed by atoms with Crippen molar-refractivity contribution in [1.82, 2.24) is 20.1 Å². The van der Waals surface area contributed by atoms with Crippen molar-refractivity contribution in [1.29, 1.82) is 0 Å². The maximum atomic E-state index is 12.1. The fourth-order valence-electron chi connectivity index (χ4n) is 1.60. The molecule has 0 aliphatic rings. The van der Waals surface area contributed by atoms with E-state index in [1.807, 2.05) is 6.07 Å². The first-order valence-corrected chi connectivity index (χ1v) is 5.58. The molecule has 6 heteroatoms. The minimum absolute atomic E-state index is 0.117. The summed E-state index contributed by atoms with van der Waals surface area (Å²) in [5.41, 5.74) is 1.38. The van der Waals surface area contributed by atoms with E-state index in [-0.39, 0.29) is 5.91 Å². The van der Waals surface area contributed by atoms with E-state index in [2.05, 4.69) is 20.5 Å². The number of nitrogens with zero attached hydrogens (tertiary/aromatic N) is 3. The Labute approximate surface area is 105 Å². The molecule has 94 valence electrons. The standard InChI is InChI=1S/C12H15N5O/c1-13-11-5-3-4-10(16-11)12(18)17(2)8-9-6-14-15-7-9/h3-7H,8H2,1-2H3,(H,13,16)(H,14,15). The van der Waals surface area contributed by atoms with Crippen molar-refractivity contribution in [3.05, 3.63) is 41.9 Å². The van der Waals surface area contributed by atoms with Crippen LogP contribution in [-0.4, -0.2) is 40.1 Å². The first-order chi connectivity index (χ1) is 8.70. The first kappa shape index (κ1) is 12.1. The van der Waals surface area contributed by atoms with Gasteiger partial charge >= 0.3 is 0 Å². The van der Waals surface area contributed by atoms with Crippen LogP contribution in [0.3, 0.4) is 0 Å². The van der Waals surface area contributed by atoms with Gasteiger partial charge in [0, 0.05) is 32.4 Å². The lowest BCUT2D eigenvalue weighted by molar-refractivity contribution is 0.0779. The van der Waals surface area contributed by atoms with Gasteiger partial charge in [-0.2, -0.15) is 5.10 Å². The molecule has 6 nitrogen and oxygen atoms in total. The van der Waals surface area contributed by atoms with Crippen molar-refractivity contribution in [2.45, 2.75) is 6.54 Å². The van der Waals surface area contributed by atoms with Crippen LogP contribution in [0, 0.1) is 0 Å². The van der Waals surface area contributed by atoms with Gasteiger partial charge in [0.25, 0.3) is 5.91 Å². The topological polar surface area (TPSA) is 73.9 Å². The van der Waals surface area contributed by atoms with Crippen molar-refractivity contribution < 1.29 is 4.79 Å². The number of aromatic amines is 1. The van der Waals surface area contributed by atoms with Crippen LogP contribution >= 0.6 is 0 Å². The molecular weight excluding hydrogens is 230 g/mol. The number of carbonyl (C=O) groups excluding carboxylic acids is 1. The summed E-state index contributed by atoms with van der Waals surface area (Å²) in [6.45, 7) is 0.501. The molecule has 2 heterocycles. The van der Waals surface area contributed by atoms with Crippen molar-refractivity contribution in [2.24, 2.45) is 0 Å². The summed E-state index contributed by atoms with van der Waals surface area (Å²) in [5, 5.41) is 9.47.